The number of amides is 2. The quantitative estimate of drug-likeness (QED) is 0.114. The molecule has 0 saturated carbocycles. The second-order valence-electron chi connectivity index (χ2n) is 16.4. The van der Waals surface area contributed by atoms with Crippen LogP contribution in [0.2, 0.25) is 0 Å². The molecule has 0 radical (unpaired) electrons. The fourth-order valence-corrected chi connectivity index (χ4v) is 9.59. The zero-order chi connectivity index (χ0) is 47.5. The van der Waals surface area contributed by atoms with Crippen molar-refractivity contribution in [3.63, 3.8) is 0 Å². The predicted octanol–water partition coefficient (Wildman–Crippen LogP) is 2.00. The lowest BCUT2D eigenvalue weighted by Crippen LogP contribution is -2.69. The number of carbonyl (C=O) groups excluding carboxylic acids is 3. The maximum absolute atomic E-state index is 13.4. The SMILES string of the molecule is COCC1OC(NC(=O)CCC(=O)OCC2c3ccccc3-c3ccccc32)C(OC)[C@H](OC)[C@H]1O[C@@H]1OC(COC)[C@H](O[C@@H]2OC(C)[C@@H](NC(=O)CS)[C@@H](OC)C2OC)[C@@H](OC)C1OC. The normalized spacial score (nSPS) is 33.2. The van der Waals surface area contributed by atoms with E-state index in [9.17, 15) is 14.4 Å². The summed E-state index contributed by atoms with van der Waals surface area (Å²) in [5.41, 5.74) is 4.44. The van der Waals surface area contributed by atoms with Gasteiger partial charge in [-0.15, -0.1) is 0 Å². The van der Waals surface area contributed by atoms with E-state index in [0.29, 0.717) is 0 Å². The van der Waals surface area contributed by atoms with Crippen LogP contribution in [0.3, 0.4) is 0 Å². The van der Waals surface area contributed by atoms with Gasteiger partial charge in [0.25, 0.3) is 0 Å². The minimum absolute atomic E-state index is 0.0180. The molecule has 0 bridgehead atoms. The van der Waals surface area contributed by atoms with Gasteiger partial charge >= 0.3 is 5.97 Å². The van der Waals surface area contributed by atoms with Crippen molar-refractivity contribution < 1.29 is 80.7 Å². The molecular formula is C46H66N2O17S. The summed E-state index contributed by atoms with van der Waals surface area (Å²) >= 11 is 4.10. The molecule has 3 aliphatic heterocycles. The molecule has 3 saturated heterocycles. The van der Waals surface area contributed by atoms with Crippen molar-refractivity contribution >= 4 is 30.4 Å². The van der Waals surface area contributed by atoms with Crippen molar-refractivity contribution in [2.24, 2.45) is 0 Å². The summed E-state index contributed by atoms with van der Waals surface area (Å²) in [6.45, 7) is 2.00. The van der Waals surface area contributed by atoms with Crippen molar-refractivity contribution in [2.75, 3.05) is 82.5 Å². The summed E-state index contributed by atoms with van der Waals surface area (Å²) in [5, 5.41) is 5.77. The van der Waals surface area contributed by atoms with E-state index in [2.05, 4.69) is 35.4 Å². The molecule has 2 aromatic rings. The van der Waals surface area contributed by atoms with Gasteiger partial charge in [0.15, 0.2) is 18.8 Å². The second kappa shape index (κ2) is 24.8. The molecule has 0 aromatic heterocycles. The Morgan fingerprint density at radius 2 is 1.06 bits per heavy atom. The van der Waals surface area contributed by atoms with Crippen molar-refractivity contribution in [2.45, 2.75) is 118 Å². The first-order chi connectivity index (χ1) is 32.0. The number of fused-ring (bicyclic) bond motifs is 3. The highest BCUT2D eigenvalue weighted by molar-refractivity contribution is 7.81. The first-order valence-corrected chi connectivity index (χ1v) is 22.6. The maximum atomic E-state index is 13.4. The molecule has 15 atom stereocenters. The van der Waals surface area contributed by atoms with Crippen LogP contribution < -0.4 is 10.6 Å². The summed E-state index contributed by atoms with van der Waals surface area (Å²) in [6, 6.07) is 15.6. The first kappa shape index (κ1) is 52.1. The lowest BCUT2D eigenvalue weighted by atomic mass is 9.94. The minimum Gasteiger partial charge on any atom is -0.465 e. The van der Waals surface area contributed by atoms with Crippen LogP contribution >= 0.6 is 12.6 Å². The Morgan fingerprint density at radius 3 is 1.59 bits per heavy atom. The lowest BCUT2D eigenvalue weighted by Gasteiger charge is -2.51. The van der Waals surface area contributed by atoms with Crippen LogP contribution in [0.1, 0.15) is 36.8 Å². The molecule has 2 N–H and O–H groups in total. The van der Waals surface area contributed by atoms with Crippen LogP contribution in [0.25, 0.3) is 11.1 Å². The molecule has 0 spiro atoms. The van der Waals surface area contributed by atoms with Gasteiger partial charge in [-0.25, -0.2) is 0 Å². The summed E-state index contributed by atoms with van der Waals surface area (Å²) in [4.78, 5) is 38.8. The number of nitrogens with one attached hydrogen (secondary N) is 2. The minimum atomic E-state index is -1.12. The Morgan fingerprint density at radius 1 is 0.561 bits per heavy atom. The number of carbonyl (C=O) groups is 3. The summed E-state index contributed by atoms with van der Waals surface area (Å²) in [5.74, 6) is -1.39. The molecular weight excluding hydrogens is 885 g/mol. The van der Waals surface area contributed by atoms with Gasteiger partial charge in [0.05, 0.1) is 37.5 Å². The number of hydrogen-bond donors (Lipinski definition) is 3. The van der Waals surface area contributed by atoms with Crippen LogP contribution in [-0.4, -0.2) is 192 Å². The van der Waals surface area contributed by atoms with E-state index >= 15 is 0 Å². The molecule has 19 nitrogen and oxygen atoms in total. The van der Waals surface area contributed by atoms with E-state index in [1.165, 1.54) is 56.9 Å². The van der Waals surface area contributed by atoms with Crippen molar-refractivity contribution in [1.82, 2.24) is 10.6 Å². The fraction of sp³-hybridized carbons (Fsp3) is 0.674. The highest BCUT2D eigenvalue weighted by Crippen LogP contribution is 2.44. The fourth-order valence-electron chi connectivity index (χ4n) is 9.50. The lowest BCUT2D eigenvalue weighted by molar-refractivity contribution is -0.374. The molecule has 3 fully saturated rings. The zero-order valence-electron chi connectivity index (χ0n) is 39.0. The third-order valence-electron chi connectivity index (χ3n) is 12.6. The van der Waals surface area contributed by atoms with Gasteiger partial charge in [-0.1, -0.05) is 48.5 Å². The summed E-state index contributed by atoms with van der Waals surface area (Å²) in [6.07, 6.45) is -12.4. The van der Waals surface area contributed by atoms with E-state index in [1.807, 2.05) is 36.4 Å². The van der Waals surface area contributed by atoms with E-state index in [4.69, 9.17) is 66.3 Å². The highest BCUT2D eigenvalue weighted by Gasteiger charge is 2.56. The van der Waals surface area contributed by atoms with Crippen molar-refractivity contribution in [1.29, 1.82) is 0 Å². The maximum Gasteiger partial charge on any atom is 0.306 e. The standard InChI is InChI=1S/C46H66N2O17S/c1-24-35(47-33(50)23-66)38(54-4)42(58-8)45(61-24)64-37-31(22-53-3)63-46(43(59-9)40(37)56-6)65-36-30(21-52-2)62-44(41(57-7)39(36)55-5)48-32(49)18-19-34(51)60-20-29-27-16-12-10-14-25(27)26-15-11-13-17-28(26)29/h10-17,24,29-31,35-46,66H,18-23H2,1-9H3,(H,47,50)(H,48,49)/t24?,30?,31?,35-,36+,37+,38-,39-,40-,41?,42?,43?,44?,45+,46+/m1/s1. The number of benzene rings is 2. The van der Waals surface area contributed by atoms with Crippen LogP contribution in [-0.2, 0) is 80.7 Å². The molecule has 1 aliphatic carbocycles. The van der Waals surface area contributed by atoms with Crippen molar-refractivity contribution in [3.05, 3.63) is 59.7 Å². The molecule has 66 heavy (non-hydrogen) atoms. The largest absolute Gasteiger partial charge is 0.465 e. The van der Waals surface area contributed by atoms with Gasteiger partial charge in [0.1, 0.15) is 67.6 Å². The second-order valence-corrected chi connectivity index (χ2v) is 16.7. The summed E-state index contributed by atoms with van der Waals surface area (Å²) in [7, 11) is 12.0. The first-order valence-electron chi connectivity index (χ1n) is 22.0. The van der Waals surface area contributed by atoms with Gasteiger partial charge in [-0.05, 0) is 29.2 Å². The number of hydrogen-bond acceptors (Lipinski definition) is 18. The van der Waals surface area contributed by atoms with E-state index in [0.717, 1.165) is 22.3 Å². The third-order valence-corrected chi connectivity index (χ3v) is 12.9. The number of rotatable bonds is 22. The molecule has 6 rings (SSSR count). The van der Waals surface area contributed by atoms with Gasteiger partial charge < -0.3 is 76.9 Å². The van der Waals surface area contributed by atoms with Gasteiger partial charge in [-0.2, -0.15) is 12.6 Å². The average molecular weight is 951 g/mol. The van der Waals surface area contributed by atoms with Crippen LogP contribution in [0.5, 0.6) is 0 Å². The smallest absolute Gasteiger partial charge is 0.306 e. The number of esters is 1. The Labute approximate surface area is 391 Å². The highest BCUT2D eigenvalue weighted by atomic mass is 32.1. The molecule has 20 heteroatoms. The van der Waals surface area contributed by atoms with E-state index in [-0.39, 0.29) is 50.2 Å². The summed E-state index contributed by atoms with van der Waals surface area (Å²) < 4.78 is 85.4. The van der Waals surface area contributed by atoms with Gasteiger partial charge in [-0.3, -0.25) is 14.4 Å². The Hall–Kier alpha value is -3.32. The molecule has 2 aromatic carbocycles. The molecule has 7 unspecified atom stereocenters. The van der Waals surface area contributed by atoms with Crippen LogP contribution in [0.4, 0.5) is 0 Å². The molecule has 2 amide bonds. The number of thiol groups is 1. The molecule has 4 aliphatic rings. The third kappa shape index (κ3) is 11.6. The van der Waals surface area contributed by atoms with Gasteiger partial charge in [0.2, 0.25) is 11.8 Å². The molecule has 368 valence electrons. The zero-order valence-corrected chi connectivity index (χ0v) is 39.9. The van der Waals surface area contributed by atoms with Crippen molar-refractivity contribution in [3.8, 4) is 11.1 Å². The monoisotopic (exact) mass is 950 g/mol. The van der Waals surface area contributed by atoms with E-state index in [1.54, 1.807) is 6.92 Å². The van der Waals surface area contributed by atoms with Crippen LogP contribution in [0.15, 0.2) is 48.5 Å². The Bertz CT molecular complexity index is 1830. The van der Waals surface area contributed by atoms with Crippen LogP contribution in [0, 0.1) is 0 Å². The predicted molar refractivity (Wildman–Crippen MR) is 238 cm³/mol. The van der Waals surface area contributed by atoms with E-state index < -0.39 is 104 Å². The Kier molecular flexibility index (Phi) is 19.6. The topological polar surface area (TPSA) is 204 Å². The number of ether oxygens (including phenoxy) is 14. The number of methoxy groups -OCH3 is 8. The van der Waals surface area contributed by atoms with Gasteiger partial charge in [0, 0.05) is 69.2 Å². The Balaban J connectivity index is 1.11. The average Bonchev–Trinajstić information content (AvgIpc) is 3.65. The molecule has 3 heterocycles.